The number of likely N-dealkylation sites (tertiary alicyclic amines) is 1. The van der Waals surface area contributed by atoms with Crippen molar-refractivity contribution in [1.29, 1.82) is 0 Å². The van der Waals surface area contributed by atoms with Gasteiger partial charge in [0.25, 0.3) is 0 Å². The summed E-state index contributed by atoms with van der Waals surface area (Å²) in [5.74, 6) is 0.778. The van der Waals surface area contributed by atoms with E-state index in [0.29, 0.717) is 31.8 Å². The number of aromatic amines is 1. The lowest BCUT2D eigenvalue weighted by Crippen LogP contribution is -2.46. The SMILES string of the molecule is COC(=O)N1CCC(n2c(=O)nc(N[C@@H](C)C3CCCCC3)[nH]c2=O)CC1. The quantitative estimate of drug-likeness (QED) is 0.824. The summed E-state index contributed by atoms with van der Waals surface area (Å²) in [6.07, 6.45) is 6.71. The number of hydrogen-bond acceptors (Lipinski definition) is 6. The molecule has 0 bridgehead atoms. The van der Waals surface area contributed by atoms with Gasteiger partial charge in [-0.3, -0.25) is 4.98 Å². The van der Waals surface area contributed by atoms with Gasteiger partial charge in [-0.05, 0) is 38.5 Å². The molecule has 0 spiro atoms. The van der Waals surface area contributed by atoms with Gasteiger partial charge >= 0.3 is 17.5 Å². The highest BCUT2D eigenvalue weighted by atomic mass is 16.5. The largest absolute Gasteiger partial charge is 0.453 e. The van der Waals surface area contributed by atoms with Crippen molar-refractivity contribution in [3.8, 4) is 0 Å². The van der Waals surface area contributed by atoms with E-state index in [4.69, 9.17) is 4.74 Å². The Morgan fingerprint density at radius 3 is 2.44 bits per heavy atom. The second kappa shape index (κ2) is 8.58. The third kappa shape index (κ3) is 4.51. The number of hydrogen-bond donors (Lipinski definition) is 2. The molecule has 2 N–H and O–H groups in total. The molecule has 2 aliphatic rings. The number of amides is 1. The van der Waals surface area contributed by atoms with Gasteiger partial charge in [-0.1, -0.05) is 19.3 Å². The molecule has 3 rings (SSSR count). The maximum atomic E-state index is 12.5. The van der Waals surface area contributed by atoms with Gasteiger partial charge in [-0.15, -0.1) is 0 Å². The number of anilines is 1. The lowest BCUT2D eigenvalue weighted by atomic mass is 9.85. The number of rotatable bonds is 4. The average Bonchev–Trinajstić information content (AvgIpc) is 2.68. The zero-order valence-electron chi connectivity index (χ0n) is 16.1. The van der Waals surface area contributed by atoms with Crippen LogP contribution in [-0.4, -0.2) is 51.8 Å². The molecule has 1 saturated heterocycles. The smallest absolute Gasteiger partial charge is 0.409 e. The number of nitrogens with one attached hydrogen (secondary N) is 2. The summed E-state index contributed by atoms with van der Waals surface area (Å²) >= 11 is 0. The second-order valence-electron chi connectivity index (χ2n) is 7.56. The van der Waals surface area contributed by atoms with Gasteiger partial charge in [0.1, 0.15) is 0 Å². The van der Waals surface area contributed by atoms with Crippen LogP contribution >= 0.6 is 0 Å². The monoisotopic (exact) mass is 379 g/mol. The van der Waals surface area contributed by atoms with Gasteiger partial charge in [0.15, 0.2) is 0 Å². The number of ether oxygens (including phenoxy) is 1. The lowest BCUT2D eigenvalue weighted by molar-refractivity contribution is 0.106. The van der Waals surface area contributed by atoms with Gasteiger partial charge in [0.2, 0.25) is 5.95 Å². The highest BCUT2D eigenvalue weighted by Gasteiger charge is 2.27. The maximum Gasteiger partial charge on any atom is 0.409 e. The Balaban J connectivity index is 1.67. The van der Waals surface area contributed by atoms with Gasteiger partial charge in [-0.25, -0.2) is 19.0 Å². The molecule has 1 aliphatic heterocycles. The van der Waals surface area contributed by atoms with Crippen molar-refractivity contribution in [2.45, 2.75) is 64.0 Å². The molecular formula is C18H29N5O4. The first-order valence-corrected chi connectivity index (χ1v) is 9.82. The first-order valence-electron chi connectivity index (χ1n) is 9.82. The van der Waals surface area contributed by atoms with Crippen LogP contribution in [-0.2, 0) is 4.74 Å². The molecule has 1 atom stereocenters. The molecule has 1 aromatic rings. The topological polar surface area (TPSA) is 109 Å². The van der Waals surface area contributed by atoms with Crippen molar-refractivity contribution in [2.24, 2.45) is 5.92 Å². The Morgan fingerprint density at radius 1 is 1.19 bits per heavy atom. The van der Waals surface area contributed by atoms with Crippen LogP contribution in [0.5, 0.6) is 0 Å². The van der Waals surface area contributed by atoms with E-state index in [2.05, 4.69) is 22.2 Å². The van der Waals surface area contributed by atoms with E-state index in [-0.39, 0.29) is 24.1 Å². The number of carbonyl (C=O) groups excluding carboxylic acids is 1. The van der Waals surface area contributed by atoms with Crippen LogP contribution in [0.25, 0.3) is 0 Å². The van der Waals surface area contributed by atoms with Crippen LogP contribution in [0, 0.1) is 5.92 Å². The Labute approximate surface area is 158 Å². The number of piperidine rings is 1. The Kier molecular flexibility index (Phi) is 6.18. The molecule has 27 heavy (non-hydrogen) atoms. The summed E-state index contributed by atoms with van der Waals surface area (Å²) in [5.41, 5.74) is -1.00. The molecule has 150 valence electrons. The van der Waals surface area contributed by atoms with E-state index in [1.54, 1.807) is 4.90 Å². The van der Waals surface area contributed by atoms with Crippen molar-refractivity contribution >= 4 is 12.0 Å². The molecule has 2 heterocycles. The standard InChI is InChI=1S/C18H29N5O4/c1-12(13-6-4-3-5-7-13)19-15-20-16(24)23(17(25)21-15)14-8-10-22(11-9-14)18(26)27-2/h12-14H,3-11H2,1-2H3,(H2,19,20,21,24,25)/t12-/m0/s1. The zero-order valence-corrected chi connectivity index (χ0v) is 16.1. The minimum atomic E-state index is -0.548. The summed E-state index contributed by atoms with van der Waals surface area (Å²) in [6.45, 7) is 2.97. The van der Waals surface area contributed by atoms with Crippen molar-refractivity contribution in [3.05, 3.63) is 21.0 Å². The van der Waals surface area contributed by atoms with Crippen molar-refractivity contribution in [2.75, 3.05) is 25.5 Å². The minimum absolute atomic E-state index is 0.159. The van der Waals surface area contributed by atoms with Crippen LogP contribution in [0.1, 0.15) is 57.9 Å². The van der Waals surface area contributed by atoms with Crippen LogP contribution < -0.4 is 16.7 Å². The van der Waals surface area contributed by atoms with Crippen molar-refractivity contribution in [1.82, 2.24) is 19.4 Å². The summed E-state index contributed by atoms with van der Waals surface area (Å²) in [5, 5.41) is 3.20. The summed E-state index contributed by atoms with van der Waals surface area (Å²) in [4.78, 5) is 44.9. The number of aromatic nitrogens is 3. The Bertz CT molecular complexity index is 729. The molecule has 9 nitrogen and oxygen atoms in total. The van der Waals surface area contributed by atoms with Crippen LogP contribution in [0.2, 0.25) is 0 Å². The van der Waals surface area contributed by atoms with Crippen molar-refractivity contribution in [3.63, 3.8) is 0 Å². The fraction of sp³-hybridized carbons (Fsp3) is 0.778. The van der Waals surface area contributed by atoms with Gasteiger partial charge < -0.3 is 15.0 Å². The highest BCUT2D eigenvalue weighted by Crippen LogP contribution is 2.27. The Morgan fingerprint density at radius 2 is 1.85 bits per heavy atom. The van der Waals surface area contributed by atoms with Crippen LogP contribution in [0.4, 0.5) is 10.7 Å². The lowest BCUT2D eigenvalue weighted by Gasteiger charge is -2.31. The minimum Gasteiger partial charge on any atom is -0.453 e. The fourth-order valence-corrected chi connectivity index (χ4v) is 4.22. The molecule has 0 radical (unpaired) electrons. The summed E-state index contributed by atoms with van der Waals surface area (Å²) in [7, 11) is 1.34. The molecule has 1 aliphatic carbocycles. The maximum absolute atomic E-state index is 12.5. The predicted molar refractivity (Wildman–Crippen MR) is 101 cm³/mol. The third-order valence-corrected chi connectivity index (χ3v) is 5.84. The molecule has 1 saturated carbocycles. The van der Waals surface area contributed by atoms with Gasteiger partial charge in [0, 0.05) is 25.2 Å². The molecule has 0 aromatic carbocycles. The normalized spacial score (nSPS) is 20.3. The Hall–Kier alpha value is -2.32. The molecular weight excluding hydrogens is 350 g/mol. The van der Waals surface area contributed by atoms with E-state index < -0.39 is 11.4 Å². The first-order chi connectivity index (χ1) is 13.0. The van der Waals surface area contributed by atoms with E-state index in [9.17, 15) is 14.4 Å². The molecule has 1 aromatic heterocycles. The molecule has 9 heteroatoms. The van der Waals surface area contributed by atoms with Crippen molar-refractivity contribution < 1.29 is 9.53 Å². The molecule has 1 amide bonds. The predicted octanol–water partition coefficient (Wildman–Crippen LogP) is 1.72. The average molecular weight is 379 g/mol. The third-order valence-electron chi connectivity index (χ3n) is 5.84. The highest BCUT2D eigenvalue weighted by molar-refractivity contribution is 5.67. The summed E-state index contributed by atoms with van der Waals surface area (Å²) in [6, 6.07) is -0.105. The molecule has 2 fully saturated rings. The number of methoxy groups -OCH3 is 1. The van der Waals surface area contributed by atoms with E-state index in [0.717, 1.165) is 12.8 Å². The first kappa shape index (κ1) is 19.4. The van der Waals surface area contributed by atoms with Crippen LogP contribution in [0.15, 0.2) is 9.59 Å². The number of carbonyl (C=O) groups is 1. The number of H-pyrrole nitrogens is 1. The van der Waals surface area contributed by atoms with Gasteiger partial charge in [0.05, 0.1) is 7.11 Å². The zero-order chi connectivity index (χ0) is 19.4. The fourth-order valence-electron chi connectivity index (χ4n) is 4.22. The van der Waals surface area contributed by atoms with E-state index in [1.807, 2.05) is 0 Å². The molecule has 0 unspecified atom stereocenters. The van der Waals surface area contributed by atoms with E-state index in [1.165, 1.54) is 30.9 Å². The van der Waals surface area contributed by atoms with Crippen LogP contribution in [0.3, 0.4) is 0 Å². The van der Waals surface area contributed by atoms with E-state index >= 15 is 0 Å². The second-order valence-corrected chi connectivity index (χ2v) is 7.56. The van der Waals surface area contributed by atoms with Gasteiger partial charge in [-0.2, -0.15) is 4.98 Å². The number of nitrogens with zero attached hydrogens (tertiary/aromatic N) is 3. The summed E-state index contributed by atoms with van der Waals surface area (Å²) < 4.78 is 5.88.